The number of alkyl halides is 6. The third kappa shape index (κ3) is 12.6. The van der Waals surface area contributed by atoms with Crippen LogP contribution in [0.25, 0.3) is 0 Å². The second kappa shape index (κ2) is 18.7. The Bertz CT molecular complexity index is 1690. The molecule has 3 amide bonds. The maximum absolute atomic E-state index is 12.9. The Hall–Kier alpha value is -4.75. The Kier molecular flexibility index (Phi) is 14.2. The first-order chi connectivity index (χ1) is 26.9. The number of likely N-dealkylation sites (tertiary alicyclic amines) is 2. The summed E-state index contributed by atoms with van der Waals surface area (Å²) in [6.45, 7) is 7.99. The molecule has 0 aromatic carbocycles. The first kappa shape index (κ1) is 43.4. The second-order valence-electron chi connectivity index (χ2n) is 14.9. The standard InChI is InChI=1S/C21H28F3N3O5.C16H20F3N3O3/c1-20(2,3)32-19(29)27(15-5-7-26(8-6-15)18(28)21(22,23)24)13-14-11-16-17(12-25-14)31-10-4-9-30-16;17-16(18,19)15(23)22-4-2-11(3-5-22)20-9-12-8-13-14(10-21-12)25-7-1-6-24-13/h11-12,15H,4-10,13H2,1-3H3;8,10-11,20H,1-7,9H2. The van der Waals surface area contributed by atoms with Crippen LogP contribution in [0, 0.1) is 0 Å². The van der Waals surface area contributed by atoms with E-state index in [4.69, 9.17) is 23.7 Å². The molecule has 57 heavy (non-hydrogen) atoms. The fourth-order valence-electron chi connectivity index (χ4n) is 6.51. The maximum atomic E-state index is 12.9. The van der Waals surface area contributed by atoms with Crippen molar-refractivity contribution >= 4 is 17.9 Å². The zero-order valence-electron chi connectivity index (χ0n) is 32.0. The number of ether oxygens (including phenoxy) is 5. The lowest BCUT2D eigenvalue weighted by atomic mass is 10.0. The van der Waals surface area contributed by atoms with Gasteiger partial charge in [0.05, 0.1) is 56.8 Å². The number of hydrogen-bond acceptors (Lipinski definition) is 11. The molecule has 0 radical (unpaired) electrons. The molecule has 20 heteroatoms. The SMILES string of the molecule is CC(C)(C)OC(=O)N(Cc1cc2c(cn1)OCCCO2)C1CCN(C(=O)C(F)(F)F)CC1.O=C(N1CCC(NCc2cc3c(cn2)OCCCO3)CC1)C(F)(F)F. The number of piperidine rings is 2. The van der Waals surface area contributed by atoms with E-state index in [0.29, 0.717) is 74.5 Å². The number of aromatic nitrogens is 2. The van der Waals surface area contributed by atoms with Crippen molar-refractivity contribution in [3.05, 3.63) is 35.9 Å². The molecule has 4 aliphatic rings. The van der Waals surface area contributed by atoms with E-state index in [-0.39, 0.29) is 51.6 Å². The summed E-state index contributed by atoms with van der Waals surface area (Å²) in [6.07, 6.45) is -4.22. The molecule has 0 aliphatic carbocycles. The van der Waals surface area contributed by atoms with Gasteiger partial charge in [0.25, 0.3) is 0 Å². The van der Waals surface area contributed by atoms with Crippen molar-refractivity contribution in [1.29, 1.82) is 0 Å². The molecule has 0 unspecified atom stereocenters. The van der Waals surface area contributed by atoms with E-state index < -0.39 is 41.9 Å². The Labute approximate surface area is 326 Å². The average Bonchev–Trinajstić information content (AvgIpc) is 3.55. The van der Waals surface area contributed by atoms with Crippen LogP contribution in [0.3, 0.4) is 0 Å². The van der Waals surface area contributed by atoms with Gasteiger partial charge in [0.1, 0.15) is 5.60 Å². The van der Waals surface area contributed by atoms with Crippen LogP contribution in [0.5, 0.6) is 23.0 Å². The monoisotopic (exact) mass is 818 g/mol. The average molecular weight is 819 g/mol. The van der Waals surface area contributed by atoms with Gasteiger partial charge in [0.15, 0.2) is 23.0 Å². The molecule has 0 atom stereocenters. The van der Waals surface area contributed by atoms with Crippen LogP contribution in [-0.4, -0.2) is 125 Å². The van der Waals surface area contributed by atoms with Crippen molar-refractivity contribution < 1.29 is 64.4 Å². The normalized spacial score (nSPS) is 18.1. The number of nitrogens with zero attached hydrogens (tertiary/aromatic N) is 5. The van der Waals surface area contributed by atoms with Crippen LogP contribution in [0.2, 0.25) is 0 Å². The topological polar surface area (TPSA) is 145 Å². The molecule has 6 rings (SSSR count). The van der Waals surface area contributed by atoms with Gasteiger partial charge in [-0.3, -0.25) is 24.5 Å². The highest BCUT2D eigenvalue weighted by molar-refractivity contribution is 5.82. The number of fused-ring (bicyclic) bond motifs is 2. The van der Waals surface area contributed by atoms with Crippen LogP contribution in [0.4, 0.5) is 31.1 Å². The molecule has 316 valence electrons. The van der Waals surface area contributed by atoms with Crippen LogP contribution < -0.4 is 24.3 Å². The van der Waals surface area contributed by atoms with E-state index in [2.05, 4.69) is 15.3 Å². The molecule has 2 saturated heterocycles. The van der Waals surface area contributed by atoms with E-state index >= 15 is 0 Å². The van der Waals surface area contributed by atoms with Crippen LogP contribution >= 0.6 is 0 Å². The van der Waals surface area contributed by atoms with Gasteiger partial charge in [-0.05, 0) is 46.5 Å². The summed E-state index contributed by atoms with van der Waals surface area (Å²) in [5, 5.41) is 3.28. The molecule has 6 heterocycles. The molecule has 1 N–H and O–H groups in total. The van der Waals surface area contributed by atoms with E-state index in [9.17, 15) is 40.7 Å². The minimum atomic E-state index is -4.91. The first-order valence-corrected chi connectivity index (χ1v) is 18.8. The quantitative estimate of drug-likeness (QED) is 0.374. The molecule has 4 aliphatic heterocycles. The summed E-state index contributed by atoms with van der Waals surface area (Å²) in [7, 11) is 0. The second-order valence-corrected chi connectivity index (χ2v) is 14.9. The third-order valence-corrected chi connectivity index (χ3v) is 9.38. The minimum absolute atomic E-state index is 0.0510. The fourth-order valence-corrected chi connectivity index (χ4v) is 6.51. The largest absolute Gasteiger partial charge is 0.489 e. The number of hydrogen-bond donors (Lipinski definition) is 1. The maximum Gasteiger partial charge on any atom is 0.471 e. The third-order valence-electron chi connectivity index (χ3n) is 9.38. The van der Waals surface area contributed by atoms with E-state index in [1.54, 1.807) is 33.0 Å². The van der Waals surface area contributed by atoms with Crippen LogP contribution in [0.1, 0.15) is 70.7 Å². The molecular weight excluding hydrogens is 770 g/mol. The molecule has 0 bridgehead atoms. The summed E-state index contributed by atoms with van der Waals surface area (Å²) in [5.74, 6) is -1.27. The lowest BCUT2D eigenvalue weighted by Gasteiger charge is -2.39. The van der Waals surface area contributed by atoms with Crippen molar-refractivity contribution in [2.75, 3.05) is 52.6 Å². The Morgan fingerprint density at radius 2 is 1.16 bits per heavy atom. The number of pyridine rings is 2. The number of carbonyl (C=O) groups excluding carboxylic acids is 3. The van der Waals surface area contributed by atoms with Gasteiger partial charge in [0.2, 0.25) is 0 Å². The van der Waals surface area contributed by atoms with Crippen molar-refractivity contribution in [3.63, 3.8) is 0 Å². The summed E-state index contributed by atoms with van der Waals surface area (Å²) in [6, 6.07) is 3.16. The Morgan fingerprint density at radius 3 is 1.63 bits per heavy atom. The minimum Gasteiger partial charge on any atom is -0.489 e. The predicted molar refractivity (Wildman–Crippen MR) is 190 cm³/mol. The molecular formula is C37H48F6N6O8. The van der Waals surface area contributed by atoms with E-state index in [0.717, 1.165) is 28.3 Å². The van der Waals surface area contributed by atoms with Gasteiger partial charge in [0, 0.05) is 69.8 Å². The van der Waals surface area contributed by atoms with Crippen molar-refractivity contribution in [2.45, 2.75) is 102 Å². The zero-order valence-corrected chi connectivity index (χ0v) is 32.0. The summed E-state index contributed by atoms with van der Waals surface area (Å²) < 4.78 is 103. The lowest BCUT2D eigenvalue weighted by Crippen LogP contribution is -2.51. The Balaban J connectivity index is 0.000000224. The molecule has 2 aromatic rings. The van der Waals surface area contributed by atoms with Crippen molar-refractivity contribution in [3.8, 4) is 23.0 Å². The predicted octanol–water partition coefficient (Wildman–Crippen LogP) is 5.42. The highest BCUT2D eigenvalue weighted by atomic mass is 19.4. The van der Waals surface area contributed by atoms with Crippen LogP contribution in [0.15, 0.2) is 24.5 Å². The highest BCUT2D eigenvalue weighted by Crippen LogP contribution is 2.32. The summed E-state index contributed by atoms with van der Waals surface area (Å²) >= 11 is 0. The number of carbonyl (C=O) groups is 3. The van der Waals surface area contributed by atoms with Gasteiger partial charge in [-0.2, -0.15) is 26.3 Å². The molecule has 14 nitrogen and oxygen atoms in total. The van der Waals surface area contributed by atoms with Gasteiger partial charge in [-0.25, -0.2) is 4.79 Å². The number of amides is 3. The summed E-state index contributed by atoms with van der Waals surface area (Å²) in [5.41, 5.74) is 0.562. The van der Waals surface area contributed by atoms with Crippen molar-refractivity contribution in [1.82, 2.24) is 30.0 Å². The van der Waals surface area contributed by atoms with Gasteiger partial charge in [-0.1, -0.05) is 0 Å². The lowest BCUT2D eigenvalue weighted by molar-refractivity contribution is -0.186. The molecule has 2 aromatic heterocycles. The summed E-state index contributed by atoms with van der Waals surface area (Å²) in [4.78, 5) is 47.5. The van der Waals surface area contributed by atoms with Crippen LogP contribution in [-0.2, 0) is 27.4 Å². The van der Waals surface area contributed by atoms with Gasteiger partial charge >= 0.3 is 30.3 Å². The molecule has 0 saturated carbocycles. The first-order valence-electron chi connectivity index (χ1n) is 18.8. The number of rotatable bonds is 6. The van der Waals surface area contributed by atoms with Crippen molar-refractivity contribution in [2.24, 2.45) is 0 Å². The van der Waals surface area contributed by atoms with E-state index in [1.165, 1.54) is 11.1 Å². The van der Waals surface area contributed by atoms with Gasteiger partial charge < -0.3 is 38.8 Å². The highest BCUT2D eigenvalue weighted by Gasteiger charge is 2.45. The van der Waals surface area contributed by atoms with E-state index in [1.807, 2.05) is 6.07 Å². The zero-order chi connectivity index (χ0) is 41.4. The van der Waals surface area contributed by atoms with Gasteiger partial charge in [-0.15, -0.1) is 0 Å². The number of nitrogens with one attached hydrogen (secondary N) is 1. The molecule has 0 spiro atoms. The number of halogens is 6. The Morgan fingerprint density at radius 1 is 0.719 bits per heavy atom. The molecule has 2 fully saturated rings. The fraction of sp³-hybridized carbons (Fsp3) is 0.649. The smallest absolute Gasteiger partial charge is 0.471 e.